The molecule has 0 saturated heterocycles. The summed E-state index contributed by atoms with van der Waals surface area (Å²) in [6.45, 7) is 3.03. The third-order valence-electron chi connectivity index (χ3n) is 6.92. The summed E-state index contributed by atoms with van der Waals surface area (Å²) in [6, 6.07) is 21.1. The first-order valence-corrected chi connectivity index (χ1v) is 13.5. The Hall–Kier alpha value is -3.48. The molecule has 3 amide bonds. The molecule has 2 N–H and O–H groups in total. The first-order chi connectivity index (χ1) is 18.4. The molecular formula is C30H30Cl2N4O2. The van der Waals surface area contributed by atoms with E-state index < -0.39 is 0 Å². The molecule has 0 atom stereocenters. The molecule has 196 valence electrons. The molecule has 0 spiro atoms. The van der Waals surface area contributed by atoms with Crippen LogP contribution < -0.4 is 5.32 Å². The number of para-hydroxylation sites is 2. The first kappa shape index (κ1) is 26.1. The van der Waals surface area contributed by atoms with Gasteiger partial charge in [0.15, 0.2) is 0 Å². The number of aromatic amines is 1. The predicted octanol–water partition coefficient (Wildman–Crippen LogP) is 7.05. The van der Waals surface area contributed by atoms with Crippen molar-refractivity contribution < 1.29 is 9.59 Å². The number of halogens is 2. The summed E-state index contributed by atoms with van der Waals surface area (Å²) in [5.41, 5.74) is 4.81. The lowest BCUT2D eigenvalue weighted by atomic mass is 10.1. The topological polar surface area (TPSA) is 68.4 Å². The molecule has 1 heterocycles. The van der Waals surface area contributed by atoms with Crippen molar-refractivity contribution in [1.82, 2.24) is 14.8 Å². The van der Waals surface area contributed by atoms with Crippen LogP contribution in [0, 0.1) is 6.92 Å². The van der Waals surface area contributed by atoms with E-state index in [0.29, 0.717) is 35.2 Å². The van der Waals surface area contributed by atoms with Gasteiger partial charge in [-0.3, -0.25) is 4.79 Å². The molecule has 3 aromatic carbocycles. The summed E-state index contributed by atoms with van der Waals surface area (Å²) in [5, 5.41) is 4.69. The highest BCUT2D eigenvalue weighted by Gasteiger charge is 2.35. The van der Waals surface area contributed by atoms with Crippen LogP contribution in [0.3, 0.4) is 0 Å². The van der Waals surface area contributed by atoms with Gasteiger partial charge in [-0.25, -0.2) is 4.79 Å². The van der Waals surface area contributed by atoms with Crippen molar-refractivity contribution in [2.75, 3.05) is 18.4 Å². The van der Waals surface area contributed by atoms with Crippen LogP contribution in [0.5, 0.6) is 0 Å². The molecule has 4 aromatic rings. The van der Waals surface area contributed by atoms with Gasteiger partial charge in [0.2, 0.25) is 5.91 Å². The molecule has 1 saturated carbocycles. The quantitative estimate of drug-likeness (QED) is 0.235. The van der Waals surface area contributed by atoms with Gasteiger partial charge in [-0.2, -0.15) is 0 Å². The van der Waals surface area contributed by atoms with Crippen LogP contribution in [0.25, 0.3) is 10.9 Å². The highest BCUT2D eigenvalue weighted by molar-refractivity contribution is 6.39. The number of benzene rings is 3. The average molecular weight is 550 g/mol. The van der Waals surface area contributed by atoms with E-state index in [9.17, 15) is 9.59 Å². The number of hydrogen-bond acceptors (Lipinski definition) is 2. The van der Waals surface area contributed by atoms with Crippen LogP contribution in [0.15, 0.2) is 72.9 Å². The Morgan fingerprint density at radius 3 is 2.39 bits per heavy atom. The highest BCUT2D eigenvalue weighted by atomic mass is 35.5. The number of nitrogens with zero attached hydrogens (tertiary/aromatic N) is 2. The van der Waals surface area contributed by atoms with E-state index in [1.54, 1.807) is 23.1 Å². The second kappa shape index (κ2) is 11.5. The second-order valence-corrected chi connectivity index (χ2v) is 10.6. The fourth-order valence-corrected chi connectivity index (χ4v) is 5.09. The molecule has 0 radical (unpaired) electrons. The lowest BCUT2D eigenvalue weighted by Gasteiger charge is -2.28. The van der Waals surface area contributed by atoms with E-state index in [-0.39, 0.29) is 24.5 Å². The van der Waals surface area contributed by atoms with Crippen LogP contribution in [0.1, 0.15) is 29.5 Å². The van der Waals surface area contributed by atoms with Crippen LogP contribution in [0.4, 0.5) is 10.5 Å². The van der Waals surface area contributed by atoms with Crippen molar-refractivity contribution in [3.05, 3.63) is 99.7 Å². The lowest BCUT2D eigenvalue weighted by molar-refractivity contribution is -0.132. The number of fused-ring (bicyclic) bond motifs is 1. The number of anilines is 1. The number of amides is 3. The van der Waals surface area contributed by atoms with Gasteiger partial charge in [0.1, 0.15) is 6.54 Å². The second-order valence-electron chi connectivity index (χ2n) is 9.80. The predicted molar refractivity (Wildman–Crippen MR) is 154 cm³/mol. The van der Waals surface area contributed by atoms with Crippen LogP contribution in [0.2, 0.25) is 10.0 Å². The summed E-state index contributed by atoms with van der Waals surface area (Å²) in [6.07, 6.45) is 4.44. The largest absolute Gasteiger partial charge is 0.361 e. The fourth-order valence-electron chi connectivity index (χ4n) is 4.59. The number of carbonyl (C=O) groups is 2. The Kier molecular flexibility index (Phi) is 7.91. The van der Waals surface area contributed by atoms with Gasteiger partial charge in [0, 0.05) is 36.2 Å². The number of aromatic nitrogens is 1. The summed E-state index contributed by atoms with van der Waals surface area (Å²) in [7, 11) is 0. The average Bonchev–Trinajstić information content (AvgIpc) is 3.67. The number of hydrogen-bond donors (Lipinski definition) is 2. The molecule has 8 heteroatoms. The Morgan fingerprint density at radius 1 is 0.974 bits per heavy atom. The standard InChI is InChI=1S/C30H30Cl2N4O2/c1-20-9-11-21(12-10-20)18-35(16-15-22-17-33-27-8-3-2-5-24(22)27)28(37)19-36(23-13-14-23)30(38)34-29-25(31)6-4-7-26(29)32/h2-12,17,23,33H,13-16,18-19H2,1H3,(H,34,38). The number of urea groups is 1. The third kappa shape index (κ3) is 6.14. The molecule has 1 aromatic heterocycles. The van der Waals surface area contributed by atoms with E-state index in [0.717, 1.165) is 34.9 Å². The zero-order valence-electron chi connectivity index (χ0n) is 21.2. The number of rotatable bonds is 9. The minimum atomic E-state index is -0.372. The van der Waals surface area contributed by atoms with E-state index in [1.807, 2.05) is 48.4 Å². The minimum absolute atomic E-state index is 0.0156. The Balaban J connectivity index is 1.33. The van der Waals surface area contributed by atoms with Crippen molar-refractivity contribution in [3.8, 4) is 0 Å². The number of H-pyrrole nitrogens is 1. The Morgan fingerprint density at radius 2 is 1.68 bits per heavy atom. The van der Waals surface area contributed by atoms with Crippen molar-refractivity contribution in [1.29, 1.82) is 0 Å². The summed E-state index contributed by atoms with van der Waals surface area (Å²) in [5.74, 6) is -0.0993. The number of carbonyl (C=O) groups excluding carboxylic acids is 2. The van der Waals surface area contributed by atoms with E-state index >= 15 is 0 Å². The van der Waals surface area contributed by atoms with Gasteiger partial charge in [0.05, 0.1) is 15.7 Å². The monoisotopic (exact) mass is 548 g/mol. The molecule has 6 nitrogen and oxygen atoms in total. The maximum Gasteiger partial charge on any atom is 0.322 e. The molecule has 0 bridgehead atoms. The molecule has 1 fully saturated rings. The van der Waals surface area contributed by atoms with Crippen LogP contribution in [-0.2, 0) is 17.8 Å². The zero-order chi connectivity index (χ0) is 26.6. The van der Waals surface area contributed by atoms with E-state index in [4.69, 9.17) is 23.2 Å². The first-order valence-electron chi connectivity index (χ1n) is 12.8. The molecule has 1 aliphatic rings. The molecule has 38 heavy (non-hydrogen) atoms. The number of nitrogens with one attached hydrogen (secondary N) is 2. The van der Waals surface area contributed by atoms with Gasteiger partial charge in [0.25, 0.3) is 0 Å². The summed E-state index contributed by atoms with van der Waals surface area (Å²) in [4.78, 5) is 33.7. The SMILES string of the molecule is Cc1ccc(CN(CCc2c[nH]c3ccccc23)C(=O)CN(C(=O)Nc2c(Cl)cccc2Cl)C2CC2)cc1. The molecular weight excluding hydrogens is 519 g/mol. The maximum atomic E-state index is 13.7. The smallest absolute Gasteiger partial charge is 0.322 e. The Labute approximate surface area is 232 Å². The lowest BCUT2D eigenvalue weighted by Crippen LogP contribution is -2.46. The van der Waals surface area contributed by atoms with Gasteiger partial charge < -0.3 is 20.1 Å². The zero-order valence-corrected chi connectivity index (χ0v) is 22.7. The number of aryl methyl sites for hydroxylation is 1. The Bertz CT molecular complexity index is 1430. The van der Waals surface area contributed by atoms with Gasteiger partial charge >= 0.3 is 6.03 Å². The van der Waals surface area contributed by atoms with Crippen molar-refractivity contribution in [3.63, 3.8) is 0 Å². The van der Waals surface area contributed by atoms with Crippen LogP contribution in [-0.4, -0.2) is 45.9 Å². The van der Waals surface area contributed by atoms with Gasteiger partial charge in [-0.15, -0.1) is 0 Å². The maximum absolute atomic E-state index is 13.7. The van der Waals surface area contributed by atoms with Crippen molar-refractivity contribution >= 4 is 51.7 Å². The minimum Gasteiger partial charge on any atom is -0.361 e. The van der Waals surface area contributed by atoms with E-state index in [2.05, 4.69) is 28.5 Å². The van der Waals surface area contributed by atoms with Gasteiger partial charge in [-0.1, -0.05) is 77.3 Å². The molecule has 0 unspecified atom stereocenters. The highest BCUT2D eigenvalue weighted by Crippen LogP contribution is 2.32. The third-order valence-corrected chi connectivity index (χ3v) is 7.55. The van der Waals surface area contributed by atoms with Crippen molar-refractivity contribution in [2.45, 2.75) is 38.8 Å². The normalized spacial score (nSPS) is 12.9. The van der Waals surface area contributed by atoms with Gasteiger partial charge in [-0.05, 0) is 55.5 Å². The van der Waals surface area contributed by atoms with Crippen molar-refractivity contribution in [2.24, 2.45) is 0 Å². The van der Waals surface area contributed by atoms with E-state index in [1.165, 1.54) is 5.56 Å². The van der Waals surface area contributed by atoms with Crippen LogP contribution >= 0.6 is 23.2 Å². The summed E-state index contributed by atoms with van der Waals surface area (Å²) < 4.78 is 0. The molecule has 0 aliphatic heterocycles. The summed E-state index contributed by atoms with van der Waals surface area (Å²) >= 11 is 12.5. The molecule has 1 aliphatic carbocycles. The molecule has 5 rings (SSSR count). The fraction of sp³-hybridized carbons (Fsp3) is 0.267.